The quantitative estimate of drug-likeness (QED) is 0.752. The van der Waals surface area contributed by atoms with Gasteiger partial charge in [-0.15, -0.1) is 0 Å². The topological polar surface area (TPSA) is 22.1 Å². The molecule has 1 rings (SSSR count). The van der Waals surface area contributed by atoms with Crippen LogP contribution in [0.15, 0.2) is 22.8 Å². The molecule has 0 saturated heterocycles. The Morgan fingerprint density at radius 1 is 1.50 bits per heavy atom. The standard InChI is InChI=1S/C11H16BrNO/c1-9(2)5-4-8-14-11-10(12)6-3-7-13-11/h3,6-7,9H,4-5,8H2,1-2H3. The van der Waals surface area contributed by atoms with E-state index in [1.807, 2.05) is 12.1 Å². The first kappa shape index (κ1) is 11.5. The van der Waals surface area contributed by atoms with Crippen LogP contribution in [0.2, 0.25) is 0 Å². The Morgan fingerprint density at radius 2 is 2.29 bits per heavy atom. The van der Waals surface area contributed by atoms with Crippen LogP contribution < -0.4 is 4.74 Å². The monoisotopic (exact) mass is 257 g/mol. The van der Waals surface area contributed by atoms with E-state index in [1.165, 1.54) is 6.42 Å². The summed E-state index contributed by atoms with van der Waals surface area (Å²) in [5, 5.41) is 0. The van der Waals surface area contributed by atoms with Crippen molar-refractivity contribution in [3.63, 3.8) is 0 Å². The molecular formula is C11H16BrNO. The van der Waals surface area contributed by atoms with Crippen molar-refractivity contribution >= 4 is 15.9 Å². The fourth-order valence-electron chi connectivity index (χ4n) is 1.14. The first-order valence-corrected chi connectivity index (χ1v) is 5.72. The number of aromatic nitrogens is 1. The number of hydrogen-bond acceptors (Lipinski definition) is 2. The molecule has 0 saturated carbocycles. The number of halogens is 1. The van der Waals surface area contributed by atoms with E-state index in [9.17, 15) is 0 Å². The van der Waals surface area contributed by atoms with Gasteiger partial charge in [0.25, 0.3) is 0 Å². The average molecular weight is 258 g/mol. The highest BCUT2D eigenvalue weighted by Gasteiger charge is 2.00. The Kier molecular flexibility index (Phi) is 4.94. The van der Waals surface area contributed by atoms with Crippen LogP contribution in [0.5, 0.6) is 5.88 Å². The van der Waals surface area contributed by atoms with E-state index >= 15 is 0 Å². The molecule has 2 nitrogen and oxygen atoms in total. The zero-order valence-electron chi connectivity index (χ0n) is 8.66. The van der Waals surface area contributed by atoms with Crippen molar-refractivity contribution in [1.29, 1.82) is 0 Å². The highest BCUT2D eigenvalue weighted by Crippen LogP contribution is 2.20. The van der Waals surface area contributed by atoms with Gasteiger partial charge in [-0.2, -0.15) is 0 Å². The SMILES string of the molecule is CC(C)CCCOc1ncccc1Br. The normalized spacial score (nSPS) is 10.6. The molecular weight excluding hydrogens is 242 g/mol. The van der Waals surface area contributed by atoms with Crippen molar-refractivity contribution in [3.05, 3.63) is 22.8 Å². The van der Waals surface area contributed by atoms with Crippen molar-refractivity contribution in [3.8, 4) is 5.88 Å². The summed E-state index contributed by atoms with van der Waals surface area (Å²) in [6, 6.07) is 3.82. The molecule has 0 aromatic carbocycles. The molecule has 0 radical (unpaired) electrons. The van der Waals surface area contributed by atoms with E-state index < -0.39 is 0 Å². The predicted molar refractivity (Wildman–Crippen MR) is 61.5 cm³/mol. The van der Waals surface area contributed by atoms with E-state index in [1.54, 1.807) is 6.20 Å². The second-order valence-electron chi connectivity index (χ2n) is 3.67. The van der Waals surface area contributed by atoms with E-state index in [2.05, 4.69) is 34.8 Å². The lowest BCUT2D eigenvalue weighted by molar-refractivity contribution is 0.285. The molecule has 1 aromatic heterocycles. The van der Waals surface area contributed by atoms with Crippen LogP contribution in [-0.2, 0) is 0 Å². The van der Waals surface area contributed by atoms with Crippen molar-refractivity contribution < 1.29 is 4.74 Å². The van der Waals surface area contributed by atoms with Crippen molar-refractivity contribution in [2.45, 2.75) is 26.7 Å². The Bertz CT molecular complexity index is 276. The molecule has 0 unspecified atom stereocenters. The highest BCUT2D eigenvalue weighted by atomic mass is 79.9. The molecule has 78 valence electrons. The van der Waals surface area contributed by atoms with Crippen LogP contribution in [0.4, 0.5) is 0 Å². The van der Waals surface area contributed by atoms with Crippen LogP contribution in [0.3, 0.4) is 0 Å². The van der Waals surface area contributed by atoms with Crippen LogP contribution in [0, 0.1) is 5.92 Å². The van der Waals surface area contributed by atoms with Gasteiger partial charge in [-0.1, -0.05) is 13.8 Å². The predicted octanol–water partition coefficient (Wildman–Crippen LogP) is 3.66. The fraction of sp³-hybridized carbons (Fsp3) is 0.545. The van der Waals surface area contributed by atoms with Gasteiger partial charge in [0.1, 0.15) is 0 Å². The summed E-state index contributed by atoms with van der Waals surface area (Å²) in [6.07, 6.45) is 4.02. The summed E-state index contributed by atoms with van der Waals surface area (Å²) in [5.74, 6) is 1.43. The Labute approximate surface area is 93.8 Å². The third-order valence-electron chi connectivity index (χ3n) is 1.89. The largest absolute Gasteiger partial charge is 0.477 e. The third-order valence-corrected chi connectivity index (χ3v) is 2.49. The minimum atomic E-state index is 0.691. The number of pyridine rings is 1. The summed E-state index contributed by atoms with van der Waals surface area (Å²) in [6.45, 7) is 5.18. The first-order chi connectivity index (χ1) is 6.70. The Morgan fingerprint density at radius 3 is 2.93 bits per heavy atom. The van der Waals surface area contributed by atoms with Gasteiger partial charge in [0.2, 0.25) is 5.88 Å². The molecule has 1 aromatic rings. The molecule has 0 aliphatic rings. The van der Waals surface area contributed by atoms with Crippen molar-refractivity contribution in [2.75, 3.05) is 6.61 Å². The fourth-order valence-corrected chi connectivity index (χ4v) is 1.51. The average Bonchev–Trinajstić information content (AvgIpc) is 2.15. The van der Waals surface area contributed by atoms with Gasteiger partial charge >= 0.3 is 0 Å². The molecule has 0 fully saturated rings. The maximum atomic E-state index is 5.53. The molecule has 0 aliphatic carbocycles. The van der Waals surface area contributed by atoms with Gasteiger partial charge < -0.3 is 4.74 Å². The van der Waals surface area contributed by atoms with E-state index in [0.717, 1.165) is 23.4 Å². The Balaban J connectivity index is 2.28. The molecule has 0 N–H and O–H groups in total. The third kappa shape index (κ3) is 4.09. The second-order valence-corrected chi connectivity index (χ2v) is 4.53. The summed E-state index contributed by atoms with van der Waals surface area (Å²) >= 11 is 3.39. The summed E-state index contributed by atoms with van der Waals surface area (Å²) < 4.78 is 6.45. The molecule has 14 heavy (non-hydrogen) atoms. The minimum absolute atomic E-state index is 0.691. The minimum Gasteiger partial charge on any atom is -0.477 e. The lowest BCUT2D eigenvalue weighted by Crippen LogP contribution is -2.01. The smallest absolute Gasteiger partial charge is 0.227 e. The van der Waals surface area contributed by atoms with Crippen molar-refractivity contribution in [2.24, 2.45) is 5.92 Å². The van der Waals surface area contributed by atoms with Gasteiger partial charge in [0, 0.05) is 6.20 Å². The molecule has 3 heteroatoms. The lowest BCUT2D eigenvalue weighted by Gasteiger charge is -2.07. The lowest BCUT2D eigenvalue weighted by atomic mass is 10.1. The maximum Gasteiger partial charge on any atom is 0.227 e. The number of ether oxygens (including phenoxy) is 1. The maximum absolute atomic E-state index is 5.53. The van der Waals surface area contributed by atoms with E-state index in [-0.39, 0.29) is 0 Å². The van der Waals surface area contributed by atoms with Crippen molar-refractivity contribution in [1.82, 2.24) is 4.98 Å². The van der Waals surface area contributed by atoms with Crippen LogP contribution in [-0.4, -0.2) is 11.6 Å². The Hall–Kier alpha value is -0.570. The zero-order chi connectivity index (χ0) is 10.4. The van der Waals surface area contributed by atoms with Crippen LogP contribution in [0.25, 0.3) is 0 Å². The second kappa shape index (κ2) is 6.02. The molecule has 0 atom stereocenters. The van der Waals surface area contributed by atoms with Gasteiger partial charge in [-0.3, -0.25) is 0 Å². The number of rotatable bonds is 5. The first-order valence-electron chi connectivity index (χ1n) is 4.93. The van der Waals surface area contributed by atoms with Crippen LogP contribution in [0.1, 0.15) is 26.7 Å². The number of nitrogens with zero attached hydrogens (tertiary/aromatic N) is 1. The van der Waals surface area contributed by atoms with Gasteiger partial charge in [0.15, 0.2) is 0 Å². The highest BCUT2D eigenvalue weighted by molar-refractivity contribution is 9.10. The summed E-state index contributed by atoms with van der Waals surface area (Å²) in [5.41, 5.74) is 0. The molecule has 0 aliphatic heterocycles. The van der Waals surface area contributed by atoms with Gasteiger partial charge in [-0.25, -0.2) is 4.98 Å². The van der Waals surface area contributed by atoms with E-state index in [0.29, 0.717) is 5.88 Å². The number of hydrogen-bond donors (Lipinski definition) is 0. The van der Waals surface area contributed by atoms with Gasteiger partial charge in [-0.05, 0) is 46.8 Å². The zero-order valence-corrected chi connectivity index (χ0v) is 10.3. The summed E-state index contributed by atoms with van der Waals surface area (Å²) in [4.78, 5) is 4.13. The van der Waals surface area contributed by atoms with Gasteiger partial charge in [0.05, 0.1) is 11.1 Å². The summed E-state index contributed by atoms with van der Waals surface area (Å²) in [7, 11) is 0. The van der Waals surface area contributed by atoms with Crippen LogP contribution >= 0.6 is 15.9 Å². The molecule has 0 bridgehead atoms. The molecule has 0 amide bonds. The molecule has 1 heterocycles. The van der Waals surface area contributed by atoms with E-state index in [4.69, 9.17) is 4.74 Å². The molecule has 0 spiro atoms.